The van der Waals surface area contributed by atoms with Crippen LogP contribution in [0.2, 0.25) is 42.8 Å². The van der Waals surface area contributed by atoms with Crippen LogP contribution in [0.4, 0.5) is 0 Å². The second kappa shape index (κ2) is 2.63. The van der Waals surface area contributed by atoms with Gasteiger partial charge in [0.2, 0.25) is 0 Å². The SMILES string of the molecule is CC(N(C)C)[C@]12[CH]3[CH]4[CH]5[C]1(P(c1ccc6ccccc6c1)c1ccc6ccccc6c1)[Fe]45321678[CH]2[CH]1[CH]6[CH]7[CH]28. The van der Waals surface area contributed by atoms with Crippen LogP contribution in [0, 0.1) is 0 Å². The van der Waals surface area contributed by atoms with E-state index in [1.54, 1.807) is 10.6 Å². The topological polar surface area (TPSA) is 3.24 Å². The Hall–Kier alpha value is -1.69. The average molecular weight is 541 g/mol. The first-order chi connectivity index (χ1) is 17.8. The third-order valence-corrected chi connectivity index (χ3v) is 70.7. The first-order valence-electron chi connectivity index (χ1n) is 14.5. The summed E-state index contributed by atoms with van der Waals surface area (Å²) in [5.74, 6) is 0. The number of benzene rings is 4. The summed E-state index contributed by atoms with van der Waals surface area (Å²) in [7, 11) is 4.51. The van der Waals surface area contributed by atoms with Gasteiger partial charge < -0.3 is 0 Å². The number of hydrogen-bond donors (Lipinski definition) is 0. The van der Waals surface area contributed by atoms with Gasteiger partial charge in [-0.05, 0) is 0 Å². The van der Waals surface area contributed by atoms with Crippen molar-refractivity contribution in [2.75, 3.05) is 14.1 Å². The second-order valence-electron chi connectivity index (χ2n) is 16.8. The molecule has 6 atom stereocenters. The maximum absolute atomic E-state index is 3.68. The summed E-state index contributed by atoms with van der Waals surface area (Å²) in [6, 6.07) is 34.5. The first-order valence-corrected chi connectivity index (χ1v) is 22.0. The van der Waals surface area contributed by atoms with Gasteiger partial charge in [-0.1, -0.05) is 0 Å². The van der Waals surface area contributed by atoms with E-state index >= 15 is 0 Å². The zero-order chi connectivity index (χ0) is 24.0. The van der Waals surface area contributed by atoms with Crippen LogP contribution < -0.4 is 10.6 Å². The molecule has 0 N–H and O–H groups in total. The van der Waals surface area contributed by atoms with Crippen molar-refractivity contribution in [3.63, 3.8) is 0 Å². The molecule has 10 fully saturated rings. The molecule has 14 rings (SSSR count). The number of nitrogens with zero attached hydrogens (tertiary/aromatic N) is 1. The Balaban J connectivity index is 1.14. The van der Waals surface area contributed by atoms with Gasteiger partial charge in [0.1, 0.15) is 0 Å². The van der Waals surface area contributed by atoms with Gasteiger partial charge in [0.05, 0.1) is 0 Å². The van der Waals surface area contributed by atoms with E-state index in [1.165, 1.54) is 60.1 Å². The summed E-state index contributed by atoms with van der Waals surface area (Å²) < 4.78 is 1.55. The van der Waals surface area contributed by atoms with Gasteiger partial charge in [0.25, 0.3) is 0 Å². The fourth-order valence-electron chi connectivity index (χ4n) is 22.0. The predicted molar refractivity (Wildman–Crippen MR) is 153 cm³/mol. The molecular weight excluding hydrogens is 509 g/mol. The zero-order valence-electron chi connectivity index (χ0n) is 21.5. The number of fused-ring (bicyclic) bond motifs is 12. The molecular formula is C34H32FeNP. The first kappa shape index (κ1) is 17.8. The van der Waals surface area contributed by atoms with Crippen molar-refractivity contribution in [1.82, 2.24) is 4.90 Å². The Labute approximate surface area is 209 Å². The Bertz CT molecular complexity index is 2180. The summed E-state index contributed by atoms with van der Waals surface area (Å²) in [5.41, 5.74) is 0. The molecule has 186 valence electrons. The molecule has 10 heterocycles. The van der Waals surface area contributed by atoms with Crippen molar-refractivity contribution in [3.8, 4) is 0 Å². The molecule has 10 aliphatic heterocycles. The fraction of sp³-hybridized carbons (Fsp3) is 0.412. The monoisotopic (exact) mass is 541 g/mol. The molecule has 5 unspecified atom stereocenters. The minimum absolute atomic E-state index is 0.347. The third-order valence-electron chi connectivity index (χ3n) is 20.6. The van der Waals surface area contributed by atoms with Crippen molar-refractivity contribution < 1.29 is 6.51 Å². The molecule has 0 aromatic heterocycles. The summed E-state index contributed by atoms with van der Waals surface area (Å²) in [6.07, 6.45) is 0. The number of rotatable bonds is 5. The maximum atomic E-state index is 2.71. The standard InChI is InChI=1S/C29H27NP.C5H5.Fe/c1-21(30(2)3)28-13-8-14-29(28)31(26-17-15-22-9-4-6-11-24(22)19-26)27-18-16-23-10-5-7-12-25(23)20-27;1-2-4-5-3-1;/h4-21H,1-3H3;1-5H;. The van der Waals surface area contributed by atoms with Crippen LogP contribution in [0.5, 0.6) is 0 Å². The van der Waals surface area contributed by atoms with Gasteiger partial charge in [-0.3, -0.25) is 0 Å². The van der Waals surface area contributed by atoms with Crippen molar-refractivity contribution in [2.24, 2.45) is 0 Å². The molecule has 37 heavy (non-hydrogen) atoms. The Kier molecular flexibility index (Phi) is 1.27. The summed E-state index contributed by atoms with van der Waals surface area (Å²) >= 11 is 0. The van der Waals surface area contributed by atoms with Crippen LogP contribution in [0.25, 0.3) is 21.5 Å². The van der Waals surface area contributed by atoms with Crippen molar-refractivity contribution in [3.05, 3.63) is 84.9 Å². The van der Waals surface area contributed by atoms with Crippen LogP contribution in [0.15, 0.2) is 84.9 Å². The van der Waals surface area contributed by atoms with Crippen LogP contribution in [-0.4, -0.2) is 29.1 Å². The molecule has 1 nitrogen and oxygen atoms in total. The molecule has 3 heteroatoms. The summed E-state index contributed by atoms with van der Waals surface area (Å²) in [4.78, 5) is 13.1. The van der Waals surface area contributed by atoms with Gasteiger partial charge in [-0.2, -0.15) is 0 Å². The molecule has 0 aliphatic carbocycles. The van der Waals surface area contributed by atoms with E-state index in [0.29, 0.717) is 0 Å². The molecule has 10 aliphatic rings. The molecule has 0 bridgehead atoms. The molecule has 0 amide bonds. The van der Waals surface area contributed by atoms with Crippen molar-refractivity contribution >= 4 is 40.1 Å². The summed E-state index contributed by atoms with van der Waals surface area (Å²) in [5, 5.41) is 9.16. The molecule has 0 radical (unpaired) electrons. The van der Waals surface area contributed by atoms with E-state index in [1.807, 2.05) is 0 Å². The van der Waals surface area contributed by atoms with E-state index in [2.05, 4.69) is 111 Å². The normalized spacial score (nSPS) is 64.5. The van der Waals surface area contributed by atoms with Gasteiger partial charge in [0, 0.05) is 0 Å². The molecule has 0 saturated carbocycles. The van der Waals surface area contributed by atoms with Gasteiger partial charge >= 0.3 is 210 Å². The Morgan fingerprint density at radius 2 is 1.14 bits per heavy atom. The average Bonchev–Trinajstić information content (AvgIpc) is 3.87. The Morgan fingerprint density at radius 3 is 1.57 bits per heavy atom. The van der Waals surface area contributed by atoms with E-state index < -0.39 is 6.51 Å². The second-order valence-corrected chi connectivity index (χ2v) is 42.9. The van der Waals surface area contributed by atoms with Crippen LogP contribution in [-0.2, 0) is 6.51 Å². The molecule has 1 spiro atoms. The van der Waals surface area contributed by atoms with E-state index in [9.17, 15) is 0 Å². The fourth-order valence-corrected chi connectivity index (χ4v) is 114. The quantitative estimate of drug-likeness (QED) is 0.183. The van der Waals surface area contributed by atoms with E-state index in [4.69, 9.17) is 0 Å². The zero-order valence-corrected chi connectivity index (χ0v) is 23.5. The van der Waals surface area contributed by atoms with Gasteiger partial charge in [-0.25, -0.2) is 0 Å². The molecule has 4 aromatic rings. The minimum atomic E-state index is -3.68. The number of hydrogen-bond acceptors (Lipinski definition) is 1. The predicted octanol–water partition coefficient (Wildman–Crippen LogP) is 8.04. The van der Waals surface area contributed by atoms with Crippen LogP contribution in [0.3, 0.4) is 0 Å². The summed E-state index contributed by atoms with van der Waals surface area (Å²) in [6.45, 7) is -0.972. The van der Waals surface area contributed by atoms with Gasteiger partial charge in [0.15, 0.2) is 0 Å². The van der Waals surface area contributed by atoms with Crippen molar-refractivity contribution in [1.29, 1.82) is 0 Å². The van der Waals surface area contributed by atoms with E-state index in [0.717, 1.165) is 14.4 Å². The molecule has 4 aromatic carbocycles. The van der Waals surface area contributed by atoms with Crippen LogP contribution in [0.1, 0.15) is 6.92 Å². The third kappa shape index (κ3) is 0.428. The van der Waals surface area contributed by atoms with Gasteiger partial charge in [-0.15, -0.1) is 0 Å². The van der Waals surface area contributed by atoms with Crippen molar-refractivity contribution in [2.45, 2.75) is 59.9 Å². The Morgan fingerprint density at radius 1 is 0.649 bits per heavy atom. The van der Waals surface area contributed by atoms with E-state index in [-0.39, 0.29) is 7.92 Å². The van der Waals surface area contributed by atoms with Crippen LogP contribution >= 0.6 is 7.92 Å². The molecule has 10 saturated heterocycles.